The van der Waals surface area contributed by atoms with Gasteiger partial charge in [0.05, 0.1) is 11.2 Å². The van der Waals surface area contributed by atoms with Gasteiger partial charge in [-0.2, -0.15) is 0 Å². The first-order chi connectivity index (χ1) is 11.3. The van der Waals surface area contributed by atoms with Crippen LogP contribution in [-0.4, -0.2) is 18.3 Å². The maximum atomic E-state index is 6.08. The summed E-state index contributed by atoms with van der Waals surface area (Å²) < 4.78 is 19.2. The summed E-state index contributed by atoms with van der Waals surface area (Å²) in [6.07, 6.45) is 0. The highest BCUT2D eigenvalue weighted by molar-refractivity contribution is 14.1. The van der Waals surface area contributed by atoms with Crippen LogP contribution in [0.2, 0.25) is 0 Å². The van der Waals surface area contributed by atoms with Crippen molar-refractivity contribution < 1.29 is 14.0 Å². The molecule has 0 N–H and O–H groups in total. The largest absolute Gasteiger partial charge is 0.494 e. The summed E-state index contributed by atoms with van der Waals surface area (Å²) in [6, 6.07) is 16.3. The van der Waals surface area contributed by atoms with Gasteiger partial charge in [0.15, 0.2) is 0 Å². The van der Waals surface area contributed by atoms with Gasteiger partial charge in [-0.15, -0.1) is 0 Å². The van der Waals surface area contributed by atoms with Crippen LogP contribution in [-0.2, 0) is 15.9 Å². The van der Waals surface area contributed by atoms with Gasteiger partial charge >= 0.3 is 7.12 Å². The van der Waals surface area contributed by atoms with Gasteiger partial charge in [-0.1, -0.05) is 30.3 Å². The fraction of sp³-hybridized carbons (Fsp3) is 0.368. The Kier molecular flexibility index (Phi) is 4.95. The van der Waals surface area contributed by atoms with Crippen LogP contribution < -0.4 is 10.2 Å². The molecule has 24 heavy (non-hydrogen) atoms. The van der Waals surface area contributed by atoms with Gasteiger partial charge in [0.1, 0.15) is 12.4 Å². The van der Waals surface area contributed by atoms with Crippen LogP contribution in [0.25, 0.3) is 0 Å². The van der Waals surface area contributed by atoms with Crippen molar-refractivity contribution in [2.45, 2.75) is 45.5 Å². The predicted molar refractivity (Wildman–Crippen MR) is 106 cm³/mol. The summed E-state index contributed by atoms with van der Waals surface area (Å²) in [4.78, 5) is 0. The second-order valence-electron chi connectivity index (χ2n) is 7.08. The van der Waals surface area contributed by atoms with Crippen molar-refractivity contribution in [2.24, 2.45) is 0 Å². The number of hydrogen-bond acceptors (Lipinski definition) is 3. The molecule has 0 aliphatic carbocycles. The molecule has 0 spiro atoms. The molecular weight excluding hydrogens is 414 g/mol. The molecule has 0 bridgehead atoms. The lowest BCUT2D eigenvalue weighted by molar-refractivity contribution is 0.00578. The average Bonchev–Trinajstić information content (AvgIpc) is 2.74. The van der Waals surface area contributed by atoms with E-state index in [1.54, 1.807) is 0 Å². The maximum Gasteiger partial charge on any atom is 0.494 e. The van der Waals surface area contributed by atoms with Gasteiger partial charge in [-0.05, 0) is 79.5 Å². The molecule has 1 fully saturated rings. The number of rotatable bonds is 4. The zero-order valence-corrected chi connectivity index (χ0v) is 16.7. The molecule has 0 amide bonds. The zero-order valence-electron chi connectivity index (χ0n) is 14.5. The number of benzene rings is 2. The standard InChI is InChI=1S/C19H22BIO3/c1-18(2)19(3,4)24-20(23-18)15-10-8-14(9-11-15)13-22-17-7-5-6-16(21)12-17/h5-12H,13H2,1-4H3. The molecule has 1 heterocycles. The van der Waals surface area contributed by atoms with Crippen molar-refractivity contribution in [1.82, 2.24) is 0 Å². The highest BCUT2D eigenvalue weighted by Crippen LogP contribution is 2.36. The van der Waals surface area contributed by atoms with E-state index in [0.717, 1.165) is 16.8 Å². The lowest BCUT2D eigenvalue weighted by Crippen LogP contribution is -2.41. The van der Waals surface area contributed by atoms with Gasteiger partial charge in [0.25, 0.3) is 0 Å². The van der Waals surface area contributed by atoms with Gasteiger partial charge < -0.3 is 14.0 Å². The summed E-state index contributed by atoms with van der Waals surface area (Å²) in [5, 5.41) is 0. The highest BCUT2D eigenvalue weighted by Gasteiger charge is 2.51. The lowest BCUT2D eigenvalue weighted by atomic mass is 9.79. The van der Waals surface area contributed by atoms with Crippen LogP contribution in [0, 0.1) is 3.57 Å². The van der Waals surface area contributed by atoms with Crippen molar-refractivity contribution >= 4 is 35.2 Å². The molecule has 2 aromatic rings. The molecule has 126 valence electrons. The Bertz CT molecular complexity index is 697. The summed E-state index contributed by atoms with van der Waals surface area (Å²) in [5.74, 6) is 0.886. The molecule has 1 saturated heterocycles. The Morgan fingerprint density at radius 2 is 1.58 bits per heavy atom. The fourth-order valence-electron chi connectivity index (χ4n) is 2.47. The second-order valence-corrected chi connectivity index (χ2v) is 8.32. The van der Waals surface area contributed by atoms with Crippen molar-refractivity contribution in [3.05, 3.63) is 57.7 Å². The summed E-state index contributed by atoms with van der Waals surface area (Å²) >= 11 is 2.28. The topological polar surface area (TPSA) is 27.7 Å². The minimum Gasteiger partial charge on any atom is -0.489 e. The Labute approximate surface area is 158 Å². The third-order valence-electron chi connectivity index (χ3n) is 4.71. The molecule has 0 saturated carbocycles. The van der Waals surface area contributed by atoms with Crippen LogP contribution in [0.5, 0.6) is 5.75 Å². The third-order valence-corrected chi connectivity index (χ3v) is 5.38. The fourth-order valence-corrected chi connectivity index (χ4v) is 2.99. The molecule has 5 heteroatoms. The first kappa shape index (κ1) is 17.8. The molecule has 0 unspecified atom stereocenters. The minimum atomic E-state index is -0.319. The van der Waals surface area contributed by atoms with Crippen molar-refractivity contribution in [1.29, 1.82) is 0 Å². The van der Waals surface area contributed by atoms with E-state index in [1.165, 1.54) is 3.57 Å². The molecule has 2 aromatic carbocycles. The monoisotopic (exact) mass is 436 g/mol. The van der Waals surface area contributed by atoms with E-state index in [0.29, 0.717) is 6.61 Å². The average molecular weight is 436 g/mol. The molecule has 1 aliphatic rings. The molecule has 0 aromatic heterocycles. The lowest BCUT2D eigenvalue weighted by Gasteiger charge is -2.32. The van der Waals surface area contributed by atoms with E-state index in [-0.39, 0.29) is 18.3 Å². The zero-order chi connectivity index (χ0) is 17.4. The van der Waals surface area contributed by atoms with E-state index >= 15 is 0 Å². The van der Waals surface area contributed by atoms with Crippen LogP contribution in [0.1, 0.15) is 33.3 Å². The summed E-state index contributed by atoms with van der Waals surface area (Å²) in [7, 11) is -0.319. The van der Waals surface area contributed by atoms with Gasteiger partial charge in [-0.25, -0.2) is 0 Å². The number of halogens is 1. The van der Waals surface area contributed by atoms with Crippen molar-refractivity contribution in [3.8, 4) is 5.75 Å². The van der Waals surface area contributed by atoms with Gasteiger partial charge in [0.2, 0.25) is 0 Å². The Balaban J connectivity index is 1.64. The van der Waals surface area contributed by atoms with Gasteiger partial charge in [0, 0.05) is 3.57 Å². The second kappa shape index (κ2) is 6.69. The van der Waals surface area contributed by atoms with E-state index in [9.17, 15) is 0 Å². The molecule has 0 atom stereocenters. The van der Waals surface area contributed by atoms with E-state index in [1.807, 2.05) is 24.3 Å². The van der Waals surface area contributed by atoms with E-state index < -0.39 is 0 Å². The SMILES string of the molecule is CC1(C)OB(c2ccc(COc3cccc(I)c3)cc2)OC1(C)C. The molecule has 1 aliphatic heterocycles. The summed E-state index contributed by atoms with van der Waals surface area (Å²) in [5.41, 5.74) is 1.52. The first-order valence-electron chi connectivity index (χ1n) is 8.10. The predicted octanol–water partition coefficient (Wildman–Crippen LogP) is 4.17. The summed E-state index contributed by atoms with van der Waals surface area (Å²) in [6.45, 7) is 8.81. The maximum absolute atomic E-state index is 6.08. The van der Waals surface area contributed by atoms with Gasteiger partial charge in [-0.3, -0.25) is 0 Å². The van der Waals surface area contributed by atoms with Crippen molar-refractivity contribution in [2.75, 3.05) is 0 Å². The minimum absolute atomic E-state index is 0.316. The Morgan fingerprint density at radius 3 is 2.17 bits per heavy atom. The van der Waals surface area contributed by atoms with E-state index in [4.69, 9.17) is 14.0 Å². The normalized spacial score (nSPS) is 18.6. The Hall–Kier alpha value is -1.05. The van der Waals surface area contributed by atoms with Crippen LogP contribution >= 0.6 is 22.6 Å². The Morgan fingerprint density at radius 1 is 0.958 bits per heavy atom. The van der Waals surface area contributed by atoms with Crippen LogP contribution in [0.3, 0.4) is 0 Å². The van der Waals surface area contributed by atoms with E-state index in [2.05, 4.69) is 74.6 Å². The van der Waals surface area contributed by atoms with Crippen molar-refractivity contribution in [3.63, 3.8) is 0 Å². The highest BCUT2D eigenvalue weighted by atomic mass is 127. The quantitative estimate of drug-likeness (QED) is 0.532. The first-order valence-corrected chi connectivity index (χ1v) is 9.18. The molecule has 3 rings (SSSR count). The third kappa shape index (κ3) is 3.78. The molecule has 0 radical (unpaired) electrons. The van der Waals surface area contributed by atoms with Crippen LogP contribution in [0.4, 0.5) is 0 Å². The number of hydrogen-bond donors (Lipinski definition) is 0. The molecular formula is C19H22BIO3. The molecule has 3 nitrogen and oxygen atoms in total. The van der Waals surface area contributed by atoms with Crippen LogP contribution in [0.15, 0.2) is 48.5 Å². The number of ether oxygens (including phenoxy) is 1. The smallest absolute Gasteiger partial charge is 0.489 e.